The van der Waals surface area contributed by atoms with E-state index in [1.54, 1.807) is 24.0 Å². The molecule has 0 saturated heterocycles. The maximum atomic E-state index is 12.2. The van der Waals surface area contributed by atoms with Crippen LogP contribution in [-0.2, 0) is 11.2 Å². The lowest BCUT2D eigenvalue weighted by atomic mass is 10.1. The SMILES string of the molecule is CC(=O)N1CCc2ccc(NC(=O)c3ccc(Br)cc3)cc21. The van der Waals surface area contributed by atoms with Gasteiger partial charge in [0.05, 0.1) is 0 Å². The molecule has 2 aromatic rings. The van der Waals surface area contributed by atoms with Gasteiger partial charge in [0.25, 0.3) is 5.91 Å². The Morgan fingerprint density at radius 2 is 1.86 bits per heavy atom. The number of nitrogens with zero attached hydrogens (tertiary/aromatic N) is 1. The molecule has 1 heterocycles. The van der Waals surface area contributed by atoms with E-state index in [9.17, 15) is 9.59 Å². The van der Waals surface area contributed by atoms with Crippen molar-refractivity contribution >= 4 is 39.1 Å². The molecule has 0 spiro atoms. The van der Waals surface area contributed by atoms with Gasteiger partial charge in [-0.15, -0.1) is 0 Å². The Balaban J connectivity index is 1.82. The van der Waals surface area contributed by atoms with Crippen molar-refractivity contribution in [1.82, 2.24) is 0 Å². The van der Waals surface area contributed by atoms with Crippen molar-refractivity contribution in [3.05, 3.63) is 58.1 Å². The first-order valence-electron chi connectivity index (χ1n) is 7.02. The number of hydrogen-bond acceptors (Lipinski definition) is 2. The Hall–Kier alpha value is -2.14. The van der Waals surface area contributed by atoms with Gasteiger partial charge in [-0.1, -0.05) is 22.0 Å². The molecule has 0 fully saturated rings. The highest BCUT2D eigenvalue weighted by molar-refractivity contribution is 9.10. The summed E-state index contributed by atoms with van der Waals surface area (Å²) >= 11 is 3.35. The molecule has 0 aromatic heterocycles. The first-order valence-corrected chi connectivity index (χ1v) is 7.82. The number of carbonyl (C=O) groups excluding carboxylic acids is 2. The number of amides is 2. The Morgan fingerprint density at radius 3 is 2.55 bits per heavy atom. The van der Waals surface area contributed by atoms with Crippen molar-refractivity contribution in [2.45, 2.75) is 13.3 Å². The molecule has 1 aliphatic heterocycles. The van der Waals surface area contributed by atoms with Gasteiger partial charge in [0.1, 0.15) is 0 Å². The highest BCUT2D eigenvalue weighted by atomic mass is 79.9. The second kappa shape index (κ2) is 5.93. The molecule has 3 rings (SSSR count). The lowest BCUT2D eigenvalue weighted by Gasteiger charge is -2.15. The average Bonchev–Trinajstić information content (AvgIpc) is 2.91. The van der Waals surface area contributed by atoms with Gasteiger partial charge in [-0.05, 0) is 48.4 Å². The molecule has 0 bridgehead atoms. The molecule has 0 unspecified atom stereocenters. The molecule has 2 amide bonds. The molecular weight excluding hydrogens is 344 g/mol. The fraction of sp³-hybridized carbons (Fsp3) is 0.176. The summed E-state index contributed by atoms with van der Waals surface area (Å²) in [7, 11) is 0. The van der Waals surface area contributed by atoms with Gasteiger partial charge in [0, 0.05) is 34.9 Å². The largest absolute Gasteiger partial charge is 0.322 e. The van der Waals surface area contributed by atoms with Crippen LogP contribution in [0.5, 0.6) is 0 Å². The van der Waals surface area contributed by atoms with E-state index in [1.165, 1.54) is 0 Å². The predicted octanol–water partition coefficient (Wildman–Crippen LogP) is 3.61. The molecule has 5 heteroatoms. The van der Waals surface area contributed by atoms with Crippen LogP contribution in [0.15, 0.2) is 46.9 Å². The third-order valence-corrected chi connectivity index (χ3v) is 4.25. The Bertz CT molecular complexity index is 741. The van der Waals surface area contributed by atoms with Crippen LogP contribution in [-0.4, -0.2) is 18.4 Å². The van der Waals surface area contributed by atoms with E-state index in [-0.39, 0.29) is 11.8 Å². The van der Waals surface area contributed by atoms with Crippen molar-refractivity contribution in [2.24, 2.45) is 0 Å². The molecule has 0 radical (unpaired) electrons. The van der Waals surface area contributed by atoms with Gasteiger partial charge in [-0.25, -0.2) is 0 Å². The van der Waals surface area contributed by atoms with E-state index in [1.807, 2.05) is 30.3 Å². The third kappa shape index (κ3) is 2.90. The monoisotopic (exact) mass is 358 g/mol. The zero-order valence-corrected chi connectivity index (χ0v) is 13.7. The fourth-order valence-corrected chi connectivity index (χ4v) is 2.85. The van der Waals surface area contributed by atoms with Crippen LogP contribution in [0.25, 0.3) is 0 Å². The van der Waals surface area contributed by atoms with E-state index in [0.717, 1.165) is 22.1 Å². The number of fused-ring (bicyclic) bond motifs is 1. The van der Waals surface area contributed by atoms with Gasteiger partial charge < -0.3 is 10.2 Å². The maximum absolute atomic E-state index is 12.2. The topological polar surface area (TPSA) is 49.4 Å². The highest BCUT2D eigenvalue weighted by Gasteiger charge is 2.22. The summed E-state index contributed by atoms with van der Waals surface area (Å²) in [5.41, 5.74) is 3.31. The second-order valence-corrected chi connectivity index (χ2v) is 6.14. The number of hydrogen-bond donors (Lipinski definition) is 1. The summed E-state index contributed by atoms with van der Waals surface area (Å²) < 4.78 is 0.929. The van der Waals surface area contributed by atoms with Crippen LogP contribution in [0.2, 0.25) is 0 Å². The van der Waals surface area contributed by atoms with Crippen molar-refractivity contribution in [1.29, 1.82) is 0 Å². The highest BCUT2D eigenvalue weighted by Crippen LogP contribution is 2.31. The minimum absolute atomic E-state index is 0.0233. The average molecular weight is 359 g/mol. The number of carbonyl (C=O) groups is 2. The molecule has 1 aliphatic rings. The standard InChI is InChI=1S/C17H15BrN2O2/c1-11(21)20-9-8-12-4-7-15(10-16(12)20)19-17(22)13-2-5-14(18)6-3-13/h2-7,10H,8-9H2,1H3,(H,19,22). The molecule has 1 N–H and O–H groups in total. The molecule has 0 atom stereocenters. The summed E-state index contributed by atoms with van der Waals surface area (Å²) in [5.74, 6) is -0.144. The van der Waals surface area contributed by atoms with Crippen LogP contribution < -0.4 is 10.2 Å². The number of halogens is 1. The molecule has 0 aliphatic carbocycles. The first-order chi connectivity index (χ1) is 10.5. The molecular formula is C17H15BrN2O2. The molecule has 0 saturated carbocycles. The molecule has 112 valence electrons. The first kappa shape index (κ1) is 14.8. The Morgan fingerprint density at radius 1 is 1.14 bits per heavy atom. The van der Waals surface area contributed by atoms with Crippen LogP contribution in [0.1, 0.15) is 22.8 Å². The third-order valence-electron chi connectivity index (χ3n) is 3.73. The number of rotatable bonds is 2. The van der Waals surface area contributed by atoms with E-state index >= 15 is 0 Å². The van der Waals surface area contributed by atoms with Crippen molar-refractivity contribution < 1.29 is 9.59 Å². The van der Waals surface area contributed by atoms with Gasteiger partial charge in [0.15, 0.2) is 0 Å². The van der Waals surface area contributed by atoms with Gasteiger partial charge in [0.2, 0.25) is 5.91 Å². The number of benzene rings is 2. The lowest BCUT2D eigenvalue weighted by Crippen LogP contribution is -2.25. The summed E-state index contributed by atoms with van der Waals surface area (Å²) in [6.07, 6.45) is 0.857. The van der Waals surface area contributed by atoms with Gasteiger partial charge in [-0.2, -0.15) is 0 Å². The van der Waals surface area contributed by atoms with Gasteiger partial charge in [-0.3, -0.25) is 9.59 Å². The molecule has 22 heavy (non-hydrogen) atoms. The second-order valence-electron chi connectivity index (χ2n) is 5.23. The zero-order chi connectivity index (χ0) is 15.7. The van der Waals surface area contributed by atoms with E-state index < -0.39 is 0 Å². The number of nitrogens with one attached hydrogen (secondary N) is 1. The normalized spacial score (nSPS) is 12.9. The quantitative estimate of drug-likeness (QED) is 0.891. The fourth-order valence-electron chi connectivity index (χ4n) is 2.59. The minimum Gasteiger partial charge on any atom is -0.322 e. The lowest BCUT2D eigenvalue weighted by molar-refractivity contribution is -0.116. The van der Waals surface area contributed by atoms with Crippen molar-refractivity contribution in [3.8, 4) is 0 Å². The molecule has 2 aromatic carbocycles. The van der Waals surface area contributed by atoms with Crippen LogP contribution in [0.4, 0.5) is 11.4 Å². The van der Waals surface area contributed by atoms with Crippen LogP contribution in [0, 0.1) is 0 Å². The predicted molar refractivity (Wildman–Crippen MR) is 90.3 cm³/mol. The van der Waals surface area contributed by atoms with Crippen molar-refractivity contribution in [3.63, 3.8) is 0 Å². The maximum Gasteiger partial charge on any atom is 0.255 e. The van der Waals surface area contributed by atoms with Crippen molar-refractivity contribution in [2.75, 3.05) is 16.8 Å². The summed E-state index contributed by atoms with van der Waals surface area (Å²) in [6, 6.07) is 12.9. The summed E-state index contributed by atoms with van der Waals surface area (Å²) in [4.78, 5) is 25.6. The Labute approximate surface area is 137 Å². The molecule has 4 nitrogen and oxygen atoms in total. The summed E-state index contributed by atoms with van der Waals surface area (Å²) in [6.45, 7) is 2.26. The smallest absolute Gasteiger partial charge is 0.255 e. The zero-order valence-electron chi connectivity index (χ0n) is 12.1. The van der Waals surface area contributed by atoms with Crippen LogP contribution in [0.3, 0.4) is 0 Å². The number of anilines is 2. The minimum atomic E-state index is -0.167. The summed E-state index contributed by atoms with van der Waals surface area (Å²) in [5, 5.41) is 2.87. The Kier molecular flexibility index (Phi) is 3.98. The van der Waals surface area contributed by atoms with E-state index in [4.69, 9.17) is 0 Å². The van der Waals surface area contributed by atoms with E-state index in [0.29, 0.717) is 17.8 Å². The van der Waals surface area contributed by atoms with Crippen LogP contribution >= 0.6 is 15.9 Å². The van der Waals surface area contributed by atoms with E-state index in [2.05, 4.69) is 21.2 Å². The van der Waals surface area contributed by atoms with Gasteiger partial charge >= 0.3 is 0 Å².